The normalized spacial score (nSPS) is 11.8. The minimum absolute atomic E-state index is 0.0504. The van der Waals surface area contributed by atoms with Crippen LogP contribution in [0.2, 0.25) is 5.02 Å². The minimum Gasteiger partial charge on any atom is -0.211 e. The molecule has 1 aromatic carbocycles. The highest BCUT2D eigenvalue weighted by molar-refractivity contribution is 7.89. The van der Waals surface area contributed by atoms with Crippen molar-refractivity contribution in [1.29, 1.82) is 0 Å². The molecular weight excluding hydrogens is 276 g/mol. The number of hydrogen-bond acceptors (Lipinski definition) is 2. The highest BCUT2D eigenvalue weighted by atomic mass is 35.5. The van der Waals surface area contributed by atoms with Crippen molar-refractivity contribution in [2.75, 3.05) is 6.54 Å². The van der Waals surface area contributed by atoms with E-state index in [0.29, 0.717) is 0 Å². The summed E-state index contributed by atoms with van der Waals surface area (Å²) in [7, 11) is -3.69. The molecule has 0 saturated heterocycles. The highest BCUT2D eigenvalue weighted by Gasteiger charge is 2.17. The molecule has 1 aromatic rings. The first-order valence-corrected chi connectivity index (χ1v) is 6.85. The van der Waals surface area contributed by atoms with Crippen molar-refractivity contribution >= 4 is 33.2 Å². The Morgan fingerprint density at radius 3 is 2.56 bits per heavy atom. The lowest BCUT2D eigenvalue weighted by Gasteiger charge is -2.08. The zero-order chi connectivity index (χ0) is 12.3. The summed E-state index contributed by atoms with van der Waals surface area (Å²) >= 11 is 11.2. The molecular formula is C9H10Cl2FNO2S. The molecule has 0 unspecified atom stereocenters. The predicted molar refractivity (Wildman–Crippen MR) is 61.8 cm³/mol. The molecule has 0 saturated carbocycles. The van der Waals surface area contributed by atoms with Crippen LogP contribution in [0, 0.1) is 5.82 Å². The van der Waals surface area contributed by atoms with Crippen molar-refractivity contribution in [1.82, 2.24) is 4.72 Å². The van der Waals surface area contributed by atoms with Crippen molar-refractivity contribution in [3.8, 4) is 0 Å². The molecule has 7 heteroatoms. The standard InChI is InChI=1S/C9H10Cl2FNO2S/c1-2-13-16(14,15)7-3-6(5-10)9(11)8(12)4-7/h3-4,13H,2,5H2,1H3. The zero-order valence-corrected chi connectivity index (χ0v) is 10.8. The molecule has 0 spiro atoms. The van der Waals surface area contributed by atoms with Gasteiger partial charge in [0.05, 0.1) is 9.92 Å². The Morgan fingerprint density at radius 1 is 1.44 bits per heavy atom. The van der Waals surface area contributed by atoms with Gasteiger partial charge in [0.15, 0.2) is 0 Å². The fraction of sp³-hybridized carbons (Fsp3) is 0.333. The summed E-state index contributed by atoms with van der Waals surface area (Å²) in [6, 6.07) is 2.13. The Labute approximate surface area is 104 Å². The van der Waals surface area contributed by atoms with Crippen molar-refractivity contribution in [3.05, 3.63) is 28.5 Å². The average Bonchev–Trinajstić information content (AvgIpc) is 2.21. The molecule has 3 nitrogen and oxygen atoms in total. The SMILES string of the molecule is CCNS(=O)(=O)c1cc(F)c(Cl)c(CCl)c1. The second-order valence-corrected chi connectivity index (χ2v) is 5.43. The van der Waals surface area contributed by atoms with Crippen LogP contribution in [-0.2, 0) is 15.9 Å². The smallest absolute Gasteiger partial charge is 0.211 e. The van der Waals surface area contributed by atoms with E-state index in [2.05, 4.69) is 4.72 Å². The van der Waals surface area contributed by atoms with E-state index in [0.717, 1.165) is 6.07 Å². The largest absolute Gasteiger partial charge is 0.240 e. The average molecular weight is 286 g/mol. The molecule has 0 amide bonds. The first-order valence-electron chi connectivity index (χ1n) is 4.46. The summed E-state index contributed by atoms with van der Waals surface area (Å²) in [5.41, 5.74) is 0.250. The molecule has 0 bridgehead atoms. The van der Waals surface area contributed by atoms with Crippen molar-refractivity contribution in [2.24, 2.45) is 0 Å². The van der Waals surface area contributed by atoms with Crippen LogP contribution in [0.3, 0.4) is 0 Å². The molecule has 16 heavy (non-hydrogen) atoms. The van der Waals surface area contributed by atoms with Gasteiger partial charge in [-0.05, 0) is 17.7 Å². The third kappa shape index (κ3) is 2.85. The van der Waals surface area contributed by atoms with E-state index >= 15 is 0 Å². The van der Waals surface area contributed by atoms with E-state index in [1.54, 1.807) is 6.92 Å². The first-order chi connectivity index (χ1) is 7.42. The van der Waals surface area contributed by atoms with E-state index in [9.17, 15) is 12.8 Å². The van der Waals surface area contributed by atoms with Gasteiger partial charge in [0.2, 0.25) is 10.0 Å². The quantitative estimate of drug-likeness (QED) is 0.864. The van der Waals surface area contributed by atoms with E-state index in [1.165, 1.54) is 6.07 Å². The van der Waals surface area contributed by atoms with Gasteiger partial charge in [-0.2, -0.15) is 0 Å². The second kappa shape index (κ2) is 5.31. The van der Waals surface area contributed by atoms with E-state index in [4.69, 9.17) is 23.2 Å². The zero-order valence-electron chi connectivity index (χ0n) is 8.43. The first kappa shape index (κ1) is 13.7. The van der Waals surface area contributed by atoms with Crippen LogP contribution >= 0.6 is 23.2 Å². The van der Waals surface area contributed by atoms with Gasteiger partial charge in [0.25, 0.3) is 0 Å². The molecule has 1 rings (SSSR count). The van der Waals surface area contributed by atoms with Crippen LogP contribution in [0.15, 0.2) is 17.0 Å². The monoisotopic (exact) mass is 285 g/mol. The van der Waals surface area contributed by atoms with Crippen LogP contribution < -0.4 is 4.72 Å². The minimum atomic E-state index is -3.69. The number of sulfonamides is 1. The molecule has 0 radical (unpaired) electrons. The predicted octanol–water partition coefficient (Wildman–Crippen LogP) is 2.52. The molecule has 90 valence electrons. The van der Waals surface area contributed by atoms with Gasteiger partial charge in [0, 0.05) is 12.4 Å². The van der Waals surface area contributed by atoms with Crippen molar-refractivity contribution < 1.29 is 12.8 Å². The van der Waals surface area contributed by atoms with Crippen LogP contribution in [0.1, 0.15) is 12.5 Å². The van der Waals surface area contributed by atoms with E-state index in [1.807, 2.05) is 0 Å². The molecule has 0 aliphatic carbocycles. The lowest BCUT2D eigenvalue weighted by molar-refractivity contribution is 0.579. The molecule has 0 aromatic heterocycles. The van der Waals surface area contributed by atoms with Crippen LogP contribution in [0.25, 0.3) is 0 Å². The molecule has 0 aliphatic rings. The Hall–Kier alpha value is -0.360. The van der Waals surface area contributed by atoms with Crippen molar-refractivity contribution in [2.45, 2.75) is 17.7 Å². The number of nitrogens with one attached hydrogen (secondary N) is 1. The van der Waals surface area contributed by atoms with E-state index < -0.39 is 15.8 Å². The Balaban J connectivity index is 3.32. The third-order valence-corrected chi connectivity index (χ3v) is 4.10. The summed E-state index contributed by atoms with van der Waals surface area (Å²) in [5.74, 6) is -0.845. The maximum absolute atomic E-state index is 13.3. The number of alkyl halides is 1. The summed E-state index contributed by atoms with van der Waals surface area (Å²) < 4.78 is 38.8. The maximum Gasteiger partial charge on any atom is 0.240 e. The molecule has 1 N–H and O–H groups in total. The van der Waals surface area contributed by atoms with Gasteiger partial charge >= 0.3 is 0 Å². The molecule has 0 atom stereocenters. The number of benzene rings is 1. The topological polar surface area (TPSA) is 46.2 Å². The second-order valence-electron chi connectivity index (χ2n) is 3.01. The maximum atomic E-state index is 13.3. The van der Waals surface area contributed by atoms with Crippen LogP contribution in [0.4, 0.5) is 4.39 Å². The Kier molecular flexibility index (Phi) is 4.55. The van der Waals surface area contributed by atoms with Gasteiger partial charge in [-0.1, -0.05) is 18.5 Å². The summed E-state index contributed by atoms with van der Waals surface area (Å²) in [4.78, 5) is -0.174. The van der Waals surface area contributed by atoms with Crippen LogP contribution in [0.5, 0.6) is 0 Å². The van der Waals surface area contributed by atoms with Gasteiger partial charge in [-0.25, -0.2) is 17.5 Å². The molecule has 0 fully saturated rings. The fourth-order valence-corrected chi connectivity index (χ4v) is 2.70. The van der Waals surface area contributed by atoms with Crippen molar-refractivity contribution in [3.63, 3.8) is 0 Å². The number of halogens is 3. The third-order valence-electron chi connectivity index (χ3n) is 1.87. The molecule has 0 aliphatic heterocycles. The lowest BCUT2D eigenvalue weighted by atomic mass is 10.2. The van der Waals surface area contributed by atoms with Gasteiger partial charge < -0.3 is 0 Å². The van der Waals surface area contributed by atoms with Gasteiger partial charge in [-0.15, -0.1) is 11.6 Å². The Bertz CT molecular complexity index is 491. The lowest BCUT2D eigenvalue weighted by Crippen LogP contribution is -2.23. The summed E-state index contributed by atoms with van der Waals surface area (Å²) in [6.07, 6.45) is 0. The summed E-state index contributed by atoms with van der Waals surface area (Å²) in [5, 5.41) is -0.148. The highest BCUT2D eigenvalue weighted by Crippen LogP contribution is 2.25. The summed E-state index contributed by atoms with van der Waals surface area (Å²) in [6.45, 7) is 1.86. The Morgan fingerprint density at radius 2 is 2.06 bits per heavy atom. The number of rotatable bonds is 4. The van der Waals surface area contributed by atoms with Gasteiger partial charge in [0.1, 0.15) is 5.82 Å². The fourth-order valence-electron chi connectivity index (χ4n) is 1.14. The number of hydrogen-bond donors (Lipinski definition) is 1. The van der Waals surface area contributed by atoms with Gasteiger partial charge in [-0.3, -0.25) is 0 Å². The molecule has 0 heterocycles. The van der Waals surface area contributed by atoms with E-state index in [-0.39, 0.29) is 27.9 Å². The van der Waals surface area contributed by atoms with Crippen LogP contribution in [-0.4, -0.2) is 15.0 Å².